The Morgan fingerprint density at radius 3 is 2.52 bits per heavy atom. The molecule has 7 heteroatoms. The van der Waals surface area contributed by atoms with E-state index in [1.54, 1.807) is 30.3 Å². The van der Waals surface area contributed by atoms with Crippen molar-refractivity contribution in [3.05, 3.63) is 64.7 Å². The fourth-order valence-electron chi connectivity index (χ4n) is 2.58. The molecule has 2 N–H and O–H groups in total. The van der Waals surface area contributed by atoms with Crippen LogP contribution in [0.15, 0.2) is 47.9 Å². The second-order valence-corrected chi connectivity index (χ2v) is 5.27. The maximum absolute atomic E-state index is 12.4. The van der Waals surface area contributed by atoms with Gasteiger partial charge in [-0.1, -0.05) is 12.1 Å². The highest BCUT2D eigenvalue weighted by Gasteiger charge is 2.33. The summed E-state index contributed by atoms with van der Waals surface area (Å²) >= 11 is 0. The Kier molecular flexibility index (Phi) is 4.06. The first-order valence-corrected chi connectivity index (χ1v) is 7.31. The number of ether oxygens (including phenoxy) is 2. The summed E-state index contributed by atoms with van der Waals surface area (Å²) in [6.45, 7) is 0. The Hall–Kier alpha value is -3.48. The van der Waals surface area contributed by atoms with Crippen molar-refractivity contribution >= 4 is 17.5 Å². The molecule has 0 spiro atoms. The van der Waals surface area contributed by atoms with Crippen LogP contribution in [-0.2, 0) is 9.47 Å². The van der Waals surface area contributed by atoms with Gasteiger partial charge in [0, 0.05) is 5.56 Å². The van der Waals surface area contributed by atoms with E-state index in [1.165, 1.54) is 20.3 Å². The van der Waals surface area contributed by atoms with E-state index < -0.39 is 17.5 Å². The van der Waals surface area contributed by atoms with Crippen LogP contribution in [0, 0.1) is 0 Å². The smallest absolute Gasteiger partial charge is 0.337 e. The van der Waals surface area contributed by atoms with Crippen LogP contribution in [0.1, 0.15) is 31.2 Å². The minimum atomic E-state index is -0.572. The van der Waals surface area contributed by atoms with Gasteiger partial charge in [0.2, 0.25) is 11.6 Å². The van der Waals surface area contributed by atoms with Crippen molar-refractivity contribution in [2.45, 2.75) is 0 Å². The average Bonchev–Trinajstić information content (AvgIpc) is 2.65. The normalized spacial score (nSPS) is 13.5. The molecule has 1 aromatic carbocycles. The Balaban J connectivity index is 2.09. The number of nitrogens with zero attached hydrogens (tertiary/aromatic N) is 1. The summed E-state index contributed by atoms with van der Waals surface area (Å²) in [6.07, 6.45) is 0. The molecule has 0 fully saturated rings. The molecule has 1 aliphatic carbocycles. The van der Waals surface area contributed by atoms with Gasteiger partial charge in [-0.2, -0.15) is 0 Å². The zero-order valence-electron chi connectivity index (χ0n) is 13.5. The van der Waals surface area contributed by atoms with Crippen LogP contribution in [0.5, 0.6) is 0 Å². The summed E-state index contributed by atoms with van der Waals surface area (Å²) in [5.74, 6) is -1.72. The van der Waals surface area contributed by atoms with E-state index in [0.29, 0.717) is 16.8 Å². The van der Waals surface area contributed by atoms with Gasteiger partial charge in [0.1, 0.15) is 11.4 Å². The molecule has 25 heavy (non-hydrogen) atoms. The van der Waals surface area contributed by atoms with Gasteiger partial charge >= 0.3 is 5.97 Å². The number of benzene rings is 1. The molecule has 1 aromatic heterocycles. The topological polar surface area (TPSA) is 109 Å². The second-order valence-electron chi connectivity index (χ2n) is 5.27. The van der Waals surface area contributed by atoms with Gasteiger partial charge < -0.3 is 15.2 Å². The predicted molar refractivity (Wildman–Crippen MR) is 87.9 cm³/mol. The zero-order valence-corrected chi connectivity index (χ0v) is 13.5. The van der Waals surface area contributed by atoms with Crippen LogP contribution < -0.4 is 5.73 Å². The molecule has 0 radical (unpaired) electrons. The largest absolute Gasteiger partial charge is 0.491 e. The number of esters is 1. The molecule has 0 saturated carbocycles. The number of aromatic nitrogens is 1. The highest BCUT2D eigenvalue weighted by Crippen LogP contribution is 2.27. The molecular weight excluding hydrogens is 324 g/mol. The Bertz CT molecular complexity index is 946. The van der Waals surface area contributed by atoms with E-state index in [9.17, 15) is 14.4 Å². The molecule has 0 unspecified atom stereocenters. The van der Waals surface area contributed by atoms with Gasteiger partial charge in [0.05, 0.1) is 31.0 Å². The van der Waals surface area contributed by atoms with Crippen LogP contribution in [-0.4, -0.2) is 36.7 Å². The number of hydrogen-bond acceptors (Lipinski definition) is 7. The summed E-state index contributed by atoms with van der Waals surface area (Å²) < 4.78 is 9.61. The number of fused-ring (bicyclic) bond motifs is 1. The van der Waals surface area contributed by atoms with Gasteiger partial charge in [0.25, 0.3) is 0 Å². The molecule has 1 heterocycles. The number of Topliss-reactive ketones (excluding diaryl/α,β-unsaturated/α-hetero) is 2. The van der Waals surface area contributed by atoms with E-state index in [4.69, 9.17) is 15.2 Å². The number of rotatable bonds is 3. The number of hydrogen-bond donors (Lipinski definition) is 1. The van der Waals surface area contributed by atoms with Crippen LogP contribution in [0.2, 0.25) is 0 Å². The van der Waals surface area contributed by atoms with Crippen LogP contribution in [0.25, 0.3) is 11.3 Å². The third-order valence-electron chi connectivity index (χ3n) is 3.83. The monoisotopic (exact) mass is 338 g/mol. The lowest BCUT2D eigenvalue weighted by Gasteiger charge is -2.17. The third-order valence-corrected chi connectivity index (χ3v) is 3.83. The molecule has 7 nitrogen and oxygen atoms in total. The van der Waals surface area contributed by atoms with E-state index in [1.807, 2.05) is 0 Å². The molecule has 126 valence electrons. The number of carbonyl (C=O) groups is 3. The lowest BCUT2D eigenvalue weighted by atomic mass is 9.94. The van der Waals surface area contributed by atoms with Crippen molar-refractivity contribution < 1.29 is 23.9 Å². The molecule has 0 atom stereocenters. The summed E-state index contributed by atoms with van der Waals surface area (Å²) in [6, 6.07) is 9.69. The van der Waals surface area contributed by atoms with Gasteiger partial charge in [-0.15, -0.1) is 0 Å². The molecule has 1 aliphatic rings. The number of allylic oxidation sites excluding steroid dienone is 2. The quantitative estimate of drug-likeness (QED) is 0.849. The summed E-state index contributed by atoms with van der Waals surface area (Å²) in [7, 11) is 2.57. The maximum Gasteiger partial charge on any atom is 0.337 e. The van der Waals surface area contributed by atoms with Crippen LogP contribution >= 0.6 is 0 Å². The number of nitrogens with two attached hydrogens (primary N) is 1. The van der Waals surface area contributed by atoms with Gasteiger partial charge in [-0.25, -0.2) is 9.78 Å². The fraction of sp³-hybridized carbons (Fsp3) is 0.111. The Labute approximate surface area is 143 Å². The maximum atomic E-state index is 12.4. The van der Waals surface area contributed by atoms with E-state index in [-0.39, 0.29) is 22.7 Å². The molecule has 3 rings (SSSR count). The molecule has 0 amide bonds. The number of carbonyl (C=O) groups excluding carboxylic acids is 3. The van der Waals surface area contributed by atoms with Crippen molar-refractivity contribution in [3.63, 3.8) is 0 Å². The lowest BCUT2D eigenvalue weighted by molar-refractivity contribution is 0.0600. The molecule has 0 aliphatic heterocycles. The Morgan fingerprint density at radius 2 is 1.84 bits per heavy atom. The average molecular weight is 338 g/mol. The SMILES string of the molecule is COC(=O)c1cccc(-c2ccc3c(n2)C(=O)C(N)=C(OC)C3=O)c1. The standard InChI is InChI=1S/C18H14N2O5/c1-24-17-13(19)16(22)14-11(15(17)21)6-7-12(20-14)9-4-3-5-10(8-9)18(23)25-2/h3-8H,19H2,1-2H3. The van der Waals surface area contributed by atoms with E-state index in [2.05, 4.69) is 4.98 Å². The highest BCUT2D eigenvalue weighted by atomic mass is 16.5. The van der Waals surface area contributed by atoms with Crippen molar-refractivity contribution in [3.8, 4) is 11.3 Å². The minimum absolute atomic E-state index is 0.0377. The predicted octanol–water partition coefficient (Wildman–Crippen LogP) is 1.73. The first kappa shape index (κ1) is 16.4. The molecule has 0 saturated heterocycles. The van der Waals surface area contributed by atoms with E-state index in [0.717, 1.165) is 0 Å². The van der Waals surface area contributed by atoms with Crippen LogP contribution in [0.3, 0.4) is 0 Å². The Morgan fingerprint density at radius 1 is 1.08 bits per heavy atom. The van der Waals surface area contributed by atoms with Crippen molar-refractivity contribution in [1.82, 2.24) is 4.98 Å². The van der Waals surface area contributed by atoms with Gasteiger partial charge in [-0.3, -0.25) is 9.59 Å². The van der Waals surface area contributed by atoms with Gasteiger partial charge in [0.15, 0.2) is 5.76 Å². The minimum Gasteiger partial charge on any atom is -0.491 e. The first-order valence-electron chi connectivity index (χ1n) is 7.31. The second kappa shape index (κ2) is 6.20. The molecule has 0 bridgehead atoms. The summed E-state index contributed by atoms with van der Waals surface area (Å²) in [4.78, 5) is 40.6. The number of ketones is 2. The lowest BCUT2D eigenvalue weighted by Crippen LogP contribution is -2.28. The number of pyridine rings is 1. The van der Waals surface area contributed by atoms with Gasteiger partial charge in [-0.05, 0) is 24.3 Å². The third kappa shape index (κ3) is 2.65. The highest BCUT2D eigenvalue weighted by molar-refractivity contribution is 6.25. The fourth-order valence-corrected chi connectivity index (χ4v) is 2.58. The van der Waals surface area contributed by atoms with Crippen LogP contribution in [0.4, 0.5) is 0 Å². The van der Waals surface area contributed by atoms with E-state index >= 15 is 0 Å². The summed E-state index contributed by atoms with van der Waals surface area (Å²) in [5.41, 5.74) is 6.90. The van der Waals surface area contributed by atoms with Crippen molar-refractivity contribution in [2.24, 2.45) is 5.73 Å². The first-order chi connectivity index (χ1) is 12.0. The molecular formula is C18H14N2O5. The molecule has 2 aromatic rings. The summed E-state index contributed by atoms with van der Waals surface area (Å²) in [5, 5.41) is 0. The number of methoxy groups -OCH3 is 2. The zero-order chi connectivity index (χ0) is 18.1. The van der Waals surface area contributed by atoms with Crippen molar-refractivity contribution in [2.75, 3.05) is 14.2 Å². The van der Waals surface area contributed by atoms with Crippen molar-refractivity contribution in [1.29, 1.82) is 0 Å².